The van der Waals surface area contributed by atoms with Crippen LogP contribution in [0.25, 0.3) is 0 Å². The third kappa shape index (κ3) is 9.93. The minimum Gasteiger partial charge on any atom is -0.394 e. The minimum atomic E-state index is -1.76. The van der Waals surface area contributed by atoms with Crippen molar-refractivity contribution in [1.29, 1.82) is 0 Å². The maximum Gasteiger partial charge on any atom is 0.187 e. The molecule has 9 rings (SSSR count). The van der Waals surface area contributed by atoms with Crippen molar-refractivity contribution in [2.45, 2.75) is 246 Å². The van der Waals surface area contributed by atoms with Crippen molar-refractivity contribution in [3.8, 4) is 0 Å². The first-order valence-electron chi connectivity index (χ1n) is 27.3. The topological polar surface area (TPSA) is 355 Å². The van der Waals surface area contributed by atoms with Gasteiger partial charge >= 0.3 is 0 Å². The summed E-state index contributed by atoms with van der Waals surface area (Å²) < 4.78 is 61.1. The maximum absolute atomic E-state index is 13.1. The summed E-state index contributed by atoms with van der Waals surface area (Å²) in [6.07, 6.45) is -21.8. The van der Waals surface area contributed by atoms with Gasteiger partial charge < -0.3 is 114 Å². The normalized spacial score (nSPS) is 55.3. The molecule has 9 aliphatic rings. The average molecular weight is 1080 g/mol. The van der Waals surface area contributed by atoms with Crippen molar-refractivity contribution in [1.82, 2.24) is 0 Å². The highest BCUT2D eigenvalue weighted by Crippen LogP contribution is 2.72. The van der Waals surface area contributed by atoms with Gasteiger partial charge in [0.25, 0.3) is 0 Å². The highest BCUT2D eigenvalue weighted by atomic mass is 16.8. The smallest absolute Gasteiger partial charge is 0.187 e. The molecular formula is C52H86O23. The molecule has 0 radical (unpaired) electrons. The maximum atomic E-state index is 13.1. The summed E-state index contributed by atoms with van der Waals surface area (Å²) in [6, 6.07) is 0. The van der Waals surface area contributed by atoms with Gasteiger partial charge in [-0.05, 0) is 94.3 Å². The third-order valence-corrected chi connectivity index (χ3v) is 20.0. The molecule has 0 aromatic heterocycles. The standard InChI is InChI=1S/C52H86O23/c1-21(20-67-45-39(61)38(60)35(57)30(18-53)71-45)10-15-51(66-7)24(4)52(65)32(75-51)17-29-27-9-8-25-16-26(11-13-49(25,5)28(27)12-14-50(29,52)6)70-48-44(74-47-41(63)37(59)34(56)23(3)69-47)42(64)43(31(19-54)72-48)73-46-40(62)36(58)33(55)22(2)68-46/h8,21-24,26-48,53-65H,9-20H2,1-7H3. The lowest BCUT2D eigenvalue weighted by atomic mass is 9.46. The molecule has 13 N–H and O–H groups in total. The Morgan fingerprint density at radius 3 is 1.85 bits per heavy atom. The largest absolute Gasteiger partial charge is 0.394 e. The van der Waals surface area contributed by atoms with E-state index in [0.717, 1.165) is 25.7 Å². The summed E-state index contributed by atoms with van der Waals surface area (Å²) in [5.74, 6) is -0.867. The molecule has 432 valence electrons. The van der Waals surface area contributed by atoms with Crippen LogP contribution >= 0.6 is 0 Å². The quantitative estimate of drug-likeness (QED) is 0.0773. The lowest BCUT2D eigenvalue weighted by molar-refractivity contribution is -0.388. The number of aliphatic hydroxyl groups is 13. The molecule has 0 aromatic carbocycles. The molecule has 4 aliphatic carbocycles. The van der Waals surface area contributed by atoms with Crippen LogP contribution in [0.15, 0.2) is 11.6 Å². The third-order valence-electron chi connectivity index (χ3n) is 20.0. The Morgan fingerprint density at radius 1 is 0.653 bits per heavy atom. The van der Waals surface area contributed by atoms with Gasteiger partial charge in [0.2, 0.25) is 0 Å². The van der Waals surface area contributed by atoms with Crippen LogP contribution in [0.3, 0.4) is 0 Å². The number of hydrogen-bond donors (Lipinski definition) is 13. The monoisotopic (exact) mass is 1080 g/mol. The first kappa shape index (κ1) is 58.5. The number of methoxy groups -OCH3 is 1. The Hall–Kier alpha value is -1.18. The van der Waals surface area contributed by atoms with E-state index in [1.54, 1.807) is 7.11 Å². The summed E-state index contributed by atoms with van der Waals surface area (Å²) >= 11 is 0. The van der Waals surface area contributed by atoms with Crippen molar-refractivity contribution in [3.05, 3.63) is 11.6 Å². The van der Waals surface area contributed by atoms with Gasteiger partial charge in [-0.1, -0.05) is 39.3 Å². The van der Waals surface area contributed by atoms with Crippen LogP contribution in [0, 0.1) is 40.4 Å². The second-order valence-electron chi connectivity index (χ2n) is 24.1. The molecular weight excluding hydrogens is 993 g/mol. The molecule has 0 aromatic rings. The van der Waals surface area contributed by atoms with Crippen LogP contribution in [-0.4, -0.2) is 240 Å². The number of ether oxygens (including phenoxy) is 10. The molecule has 0 spiro atoms. The Kier molecular flexibility index (Phi) is 17.4. The van der Waals surface area contributed by atoms with Crippen LogP contribution < -0.4 is 0 Å². The Balaban J connectivity index is 0.866. The fourth-order valence-electron chi connectivity index (χ4n) is 15.2. The van der Waals surface area contributed by atoms with Crippen LogP contribution in [0.4, 0.5) is 0 Å². The van der Waals surface area contributed by atoms with E-state index in [1.807, 2.05) is 13.8 Å². The van der Waals surface area contributed by atoms with Gasteiger partial charge in [0.1, 0.15) is 91.1 Å². The Bertz CT molecular complexity index is 1970. The number of hydrogen-bond acceptors (Lipinski definition) is 23. The molecule has 75 heavy (non-hydrogen) atoms. The van der Waals surface area contributed by atoms with E-state index in [9.17, 15) is 66.4 Å². The predicted molar refractivity (Wildman–Crippen MR) is 255 cm³/mol. The van der Waals surface area contributed by atoms with E-state index in [0.29, 0.717) is 38.0 Å². The zero-order chi connectivity index (χ0) is 54.4. The SMILES string of the molecule is COC1(CCC(C)COC2OC(CO)C(O)C(O)C2O)OC2CC3C4CC=C5CC(OC6OC(CO)C(OC7OC(C)C(O)C(O)C7O)C(O)C6OC6OC(C)C(O)C(O)C6O)CCC5(C)C4CCC3(C)C2(O)C1C. The molecule has 3 saturated carbocycles. The number of rotatable bonds is 15. The predicted octanol–water partition coefficient (Wildman–Crippen LogP) is -2.21. The van der Waals surface area contributed by atoms with E-state index in [2.05, 4.69) is 19.9 Å². The average Bonchev–Trinajstić information content (AvgIpc) is 3.76. The van der Waals surface area contributed by atoms with Crippen molar-refractivity contribution in [2.75, 3.05) is 26.9 Å². The van der Waals surface area contributed by atoms with Crippen LogP contribution in [-0.2, 0) is 47.4 Å². The van der Waals surface area contributed by atoms with Gasteiger partial charge in [-0.2, -0.15) is 0 Å². The summed E-state index contributed by atoms with van der Waals surface area (Å²) in [5.41, 5.74) is -0.665. The molecule has 5 heterocycles. The van der Waals surface area contributed by atoms with Crippen molar-refractivity contribution in [2.24, 2.45) is 40.4 Å². The molecule has 31 unspecified atom stereocenters. The lowest BCUT2D eigenvalue weighted by Gasteiger charge is -2.59. The molecule has 23 heteroatoms. The highest BCUT2D eigenvalue weighted by molar-refractivity contribution is 5.29. The lowest BCUT2D eigenvalue weighted by Crippen LogP contribution is -2.66. The number of aliphatic hydroxyl groups excluding tert-OH is 12. The molecule has 0 amide bonds. The van der Waals surface area contributed by atoms with Gasteiger partial charge in [0, 0.05) is 24.9 Å². The first-order chi connectivity index (χ1) is 35.4. The number of fused-ring (bicyclic) bond motifs is 7. The summed E-state index contributed by atoms with van der Waals surface area (Å²) in [5, 5.41) is 140. The second-order valence-corrected chi connectivity index (χ2v) is 24.1. The van der Waals surface area contributed by atoms with Crippen molar-refractivity contribution in [3.63, 3.8) is 0 Å². The molecule has 8 fully saturated rings. The molecule has 23 nitrogen and oxygen atoms in total. The van der Waals surface area contributed by atoms with E-state index >= 15 is 0 Å². The van der Waals surface area contributed by atoms with Crippen LogP contribution in [0.5, 0.6) is 0 Å². The summed E-state index contributed by atoms with van der Waals surface area (Å²) in [4.78, 5) is 0. The van der Waals surface area contributed by atoms with E-state index in [1.165, 1.54) is 19.4 Å². The Labute approximate surface area is 437 Å². The van der Waals surface area contributed by atoms with Crippen LogP contribution in [0.1, 0.15) is 99.3 Å². The zero-order valence-electron chi connectivity index (χ0n) is 44.0. The second kappa shape index (κ2) is 22.3. The summed E-state index contributed by atoms with van der Waals surface area (Å²) in [6.45, 7) is 10.3. The summed E-state index contributed by atoms with van der Waals surface area (Å²) in [7, 11) is 1.61. The van der Waals surface area contributed by atoms with Crippen molar-refractivity contribution >= 4 is 0 Å². The molecule has 31 atom stereocenters. The van der Waals surface area contributed by atoms with E-state index in [4.69, 9.17) is 47.4 Å². The van der Waals surface area contributed by atoms with Gasteiger partial charge in [-0.15, -0.1) is 0 Å². The van der Waals surface area contributed by atoms with Gasteiger partial charge in [-0.25, -0.2) is 0 Å². The fraction of sp³-hybridized carbons (Fsp3) is 0.962. The zero-order valence-corrected chi connectivity index (χ0v) is 44.0. The van der Waals surface area contributed by atoms with Gasteiger partial charge in [0.05, 0.1) is 44.2 Å². The van der Waals surface area contributed by atoms with Crippen LogP contribution in [0.2, 0.25) is 0 Å². The molecule has 0 bridgehead atoms. The highest BCUT2D eigenvalue weighted by Gasteiger charge is 2.76. The molecule has 5 aliphatic heterocycles. The van der Waals surface area contributed by atoms with Crippen molar-refractivity contribution < 1.29 is 114 Å². The fourth-order valence-corrected chi connectivity index (χ4v) is 15.2. The van der Waals surface area contributed by atoms with Gasteiger partial charge in [-0.3, -0.25) is 0 Å². The number of allylic oxidation sites excluding steroid dienone is 1. The van der Waals surface area contributed by atoms with E-state index in [-0.39, 0.29) is 29.8 Å². The van der Waals surface area contributed by atoms with Gasteiger partial charge in [0.15, 0.2) is 30.9 Å². The van der Waals surface area contributed by atoms with E-state index < -0.39 is 171 Å². The molecule has 5 saturated heterocycles. The Morgan fingerprint density at radius 2 is 1.24 bits per heavy atom. The minimum absolute atomic E-state index is 0.0883. The first-order valence-corrected chi connectivity index (χ1v) is 27.3.